The molecule has 2 heteroatoms. The summed E-state index contributed by atoms with van der Waals surface area (Å²) >= 11 is 2.40. The van der Waals surface area contributed by atoms with Crippen LogP contribution in [0.1, 0.15) is 70.4 Å². The second kappa shape index (κ2) is 10.7. The molecule has 0 heterocycles. The zero-order chi connectivity index (χ0) is 13.9. The fourth-order valence-electron chi connectivity index (χ4n) is 2.49. The molecule has 0 aliphatic heterocycles. The third-order valence-electron chi connectivity index (χ3n) is 3.55. The van der Waals surface area contributed by atoms with Crippen LogP contribution in [0.3, 0.4) is 0 Å². The van der Waals surface area contributed by atoms with E-state index in [4.69, 9.17) is 0 Å². The summed E-state index contributed by atoms with van der Waals surface area (Å²) < 4.78 is 1.33. The van der Waals surface area contributed by atoms with Gasteiger partial charge in [-0.15, -0.1) is 0 Å². The molecule has 0 aromatic heterocycles. The minimum absolute atomic E-state index is 0.533. The van der Waals surface area contributed by atoms with Crippen molar-refractivity contribution in [3.8, 4) is 0 Å². The van der Waals surface area contributed by atoms with Gasteiger partial charge in [0, 0.05) is 9.61 Å². The first-order chi connectivity index (χ1) is 9.27. The summed E-state index contributed by atoms with van der Waals surface area (Å²) in [5.41, 5.74) is 1.45. The molecule has 108 valence electrons. The molecule has 0 aliphatic carbocycles. The van der Waals surface area contributed by atoms with Gasteiger partial charge in [0.15, 0.2) is 0 Å². The molecule has 0 spiro atoms. The van der Waals surface area contributed by atoms with Crippen LogP contribution in [0, 0.1) is 3.57 Å². The van der Waals surface area contributed by atoms with Crippen LogP contribution in [-0.4, -0.2) is 6.54 Å². The van der Waals surface area contributed by atoms with Gasteiger partial charge in [-0.2, -0.15) is 0 Å². The van der Waals surface area contributed by atoms with Gasteiger partial charge in [0.2, 0.25) is 0 Å². The summed E-state index contributed by atoms with van der Waals surface area (Å²) in [7, 11) is 0. The third kappa shape index (κ3) is 7.31. The van der Waals surface area contributed by atoms with Crippen LogP contribution in [0.5, 0.6) is 0 Å². The Morgan fingerprint density at radius 2 is 1.79 bits per heavy atom. The van der Waals surface area contributed by atoms with Crippen LogP contribution >= 0.6 is 22.6 Å². The highest BCUT2D eigenvalue weighted by Gasteiger charge is 2.09. The maximum absolute atomic E-state index is 3.62. The number of hydrogen-bond donors (Lipinski definition) is 1. The van der Waals surface area contributed by atoms with Crippen molar-refractivity contribution in [2.45, 2.75) is 64.8 Å². The van der Waals surface area contributed by atoms with E-state index in [1.54, 1.807) is 0 Å². The largest absolute Gasteiger partial charge is 0.310 e. The van der Waals surface area contributed by atoms with E-state index in [-0.39, 0.29) is 0 Å². The molecule has 0 aliphatic rings. The number of unbranched alkanes of at least 4 members (excludes halogenated alkanes) is 5. The molecule has 0 radical (unpaired) electrons. The van der Waals surface area contributed by atoms with E-state index < -0.39 is 0 Å². The highest BCUT2D eigenvalue weighted by Crippen LogP contribution is 2.22. The molecule has 0 saturated carbocycles. The third-order valence-corrected chi connectivity index (χ3v) is 4.22. The normalized spacial score (nSPS) is 12.6. The van der Waals surface area contributed by atoms with Gasteiger partial charge in [-0.1, -0.05) is 64.5 Å². The van der Waals surface area contributed by atoms with E-state index in [0.29, 0.717) is 6.04 Å². The molecular weight excluding hydrogens is 345 g/mol. The molecule has 0 fully saturated rings. The number of halogens is 1. The summed E-state index contributed by atoms with van der Waals surface area (Å²) in [6.45, 7) is 5.52. The lowest BCUT2D eigenvalue weighted by Crippen LogP contribution is -2.20. The lowest BCUT2D eigenvalue weighted by Gasteiger charge is -2.18. The number of benzene rings is 1. The van der Waals surface area contributed by atoms with Crippen LogP contribution in [-0.2, 0) is 0 Å². The Balaban J connectivity index is 2.36. The topological polar surface area (TPSA) is 12.0 Å². The minimum atomic E-state index is 0.533. The van der Waals surface area contributed by atoms with Gasteiger partial charge in [0.1, 0.15) is 0 Å². The SMILES string of the molecule is CCCCCCCCC(NCC)c1cccc(I)c1. The van der Waals surface area contributed by atoms with E-state index in [2.05, 4.69) is 66.0 Å². The van der Waals surface area contributed by atoms with Crippen molar-refractivity contribution in [1.29, 1.82) is 0 Å². The lowest BCUT2D eigenvalue weighted by atomic mass is 9.99. The zero-order valence-electron chi connectivity index (χ0n) is 12.4. The first-order valence-electron chi connectivity index (χ1n) is 7.76. The number of rotatable bonds is 10. The van der Waals surface area contributed by atoms with Gasteiger partial charge in [-0.3, -0.25) is 0 Å². The summed E-state index contributed by atoms with van der Waals surface area (Å²) in [5.74, 6) is 0. The minimum Gasteiger partial charge on any atom is -0.310 e. The Hall–Kier alpha value is -0.0900. The Labute approximate surface area is 132 Å². The van der Waals surface area contributed by atoms with Crippen molar-refractivity contribution in [2.24, 2.45) is 0 Å². The Kier molecular flexibility index (Phi) is 9.52. The molecule has 1 N–H and O–H groups in total. The zero-order valence-corrected chi connectivity index (χ0v) is 14.6. The Morgan fingerprint density at radius 1 is 1.05 bits per heavy atom. The summed E-state index contributed by atoms with van der Waals surface area (Å²) in [4.78, 5) is 0. The molecule has 1 rings (SSSR count). The van der Waals surface area contributed by atoms with Gasteiger partial charge in [-0.25, -0.2) is 0 Å². The van der Waals surface area contributed by atoms with Gasteiger partial charge < -0.3 is 5.32 Å². The van der Waals surface area contributed by atoms with Gasteiger partial charge in [-0.05, 0) is 53.3 Å². The van der Waals surface area contributed by atoms with E-state index in [9.17, 15) is 0 Å². The predicted molar refractivity (Wildman–Crippen MR) is 93.6 cm³/mol. The molecule has 1 unspecified atom stereocenters. The Morgan fingerprint density at radius 3 is 2.47 bits per heavy atom. The van der Waals surface area contributed by atoms with E-state index in [1.807, 2.05) is 0 Å². The maximum Gasteiger partial charge on any atom is 0.0320 e. The van der Waals surface area contributed by atoms with Crippen LogP contribution in [0.15, 0.2) is 24.3 Å². The summed E-state index contributed by atoms with van der Waals surface area (Å²) in [6, 6.07) is 9.43. The average molecular weight is 373 g/mol. The van der Waals surface area contributed by atoms with E-state index >= 15 is 0 Å². The van der Waals surface area contributed by atoms with Crippen molar-refractivity contribution >= 4 is 22.6 Å². The van der Waals surface area contributed by atoms with Crippen LogP contribution < -0.4 is 5.32 Å². The first-order valence-corrected chi connectivity index (χ1v) is 8.84. The van der Waals surface area contributed by atoms with Crippen LogP contribution in [0.4, 0.5) is 0 Å². The molecule has 1 nitrogen and oxygen atoms in total. The second-order valence-corrected chi connectivity index (χ2v) is 6.47. The summed E-state index contributed by atoms with van der Waals surface area (Å²) in [6.07, 6.45) is 9.53. The van der Waals surface area contributed by atoms with Gasteiger partial charge in [0.05, 0.1) is 0 Å². The molecule has 0 bridgehead atoms. The summed E-state index contributed by atoms with van der Waals surface area (Å²) in [5, 5.41) is 3.62. The molecule has 1 atom stereocenters. The number of nitrogens with one attached hydrogen (secondary N) is 1. The molecule has 1 aromatic carbocycles. The fraction of sp³-hybridized carbons (Fsp3) is 0.647. The average Bonchev–Trinajstić information content (AvgIpc) is 2.41. The highest BCUT2D eigenvalue weighted by atomic mass is 127. The first kappa shape index (κ1) is 17.0. The fourth-order valence-corrected chi connectivity index (χ4v) is 3.05. The van der Waals surface area contributed by atoms with Gasteiger partial charge >= 0.3 is 0 Å². The standard InChI is InChI=1S/C17H28IN/c1-3-5-6-7-8-9-13-17(19-4-2)15-11-10-12-16(18)14-15/h10-12,14,17,19H,3-9,13H2,1-2H3. The van der Waals surface area contributed by atoms with Crippen molar-refractivity contribution < 1.29 is 0 Å². The van der Waals surface area contributed by atoms with Crippen molar-refractivity contribution in [3.63, 3.8) is 0 Å². The smallest absolute Gasteiger partial charge is 0.0320 e. The maximum atomic E-state index is 3.62. The van der Waals surface area contributed by atoms with Crippen molar-refractivity contribution in [1.82, 2.24) is 5.32 Å². The van der Waals surface area contributed by atoms with E-state index in [0.717, 1.165) is 6.54 Å². The quantitative estimate of drug-likeness (QED) is 0.410. The van der Waals surface area contributed by atoms with Crippen molar-refractivity contribution in [3.05, 3.63) is 33.4 Å². The number of hydrogen-bond acceptors (Lipinski definition) is 1. The molecule has 1 aromatic rings. The highest BCUT2D eigenvalue weighted by molar-refractivity contribution is 14.1. The Bertz CT molecular complexity index is 338. The van der Waals surface area contributed by atoms with Crippen molar-refractivity contribution in [2.75, 3.05) is 6.54 Å². The van der Waals surface area contributed by atoms with Crippen LogP contribution in [0.25, 0.3) is 0 Å². The molecule has 19 heavy (non-hydrogen) atoms. The monoisotopic (exact) mass is 373 g/mol. The molecule has 0 amide bonds. The van der Waals surface area contributed by atoms with Crippen LogP contribution in [0.2, 0.25) is 0 Å². The van der Waals surface area contributed by atoms with Gasteiger partial charge in [0.25, 0.3) is 0 Å². The van der Waals surface area contributed by atoms with E-state index in [1.165, 1.54) is 54.1 Å². The predicted octanol–water partition coefficient (Wildman–Crippen LogP) is 5.69. The second-order valence-electron chi connectivity index (χ2n) is 5.22. The lowest BCUT2D eigenvalue weighted by molar-refractivity contribution is 0.477. The molecular formula is C17H28IN. The molecule has 0 saturated heterocycles.